The van der Waals surface area contributed by atoms with Crippen LogP contribution in [-0.2, 0) is 4.79 Å². The predicted octanol–water partition coefficient (Wildman–Crippen LogP) is 0.109. The molecule has 0 aliphatic heterocycles. The van der Waals surface area contributed by atoms with Gasteiger partial charge in [-0.05, 0) is 19.3 Å². The van der Waals surface area contributed by atoms with Gasteiger partial charge in [-0.2, -0.15) is 0 Å². The molecule has 0 aliphatic carbocycles. The summed E-state index contributed by atoms with van der Waals surface area (Å²) in [6.07, 6.45) is 5.71. The lowest BCUT2D eigenvalue weighted by Crippen LogP contribution is -2.13. The van der Waals surface area contributed by atoms with Gasteiger partial charge in [-0.1, -0.05) is 6.08 Å². The molecular weight excluding hydrogens is 116 g/mol. The van der Waals surface area contributed by atoms with Crippen molar-refractivity contribution in [3.63, 3.8) is 0 Å². The number of rotatable bonds is 2. The second kappa shape index (κ2) is 4.90. The number of nitrogens with one attached hydrogen (secondary N) is 1. The van der Waals surface area contributed by atoms with Crippen LogP contribution in [0.15, 0.2) is 24.6 Å². The SMILES string of the molecule is C/C=C\NC(=O)/C=C\N. The number of amides is 1. The van der Waals surface area contributed by atoms with Gasteiger partial charge in [-0.3, -0.25) is 4.79 Å². The molecule has 3 heteroatoms. The molecule has 0 saturated carbocycles. The van der Waals surface area contributed by atoms with E-state index >= 15 is 0 Å². The number of nitrogens with two attached hydrogens (primary N) is 1. The van der Waals surface area contributed by atoms with E-state index in [4.69, 9.17) is 5.73 Å². The Morgan fingerprint density at radius 3 is 2.78 bits per heavy atom. The molecule has 0 fully saturated rings. The highest BCUT2D eigenvalue weighted by Crippen LogP contribution is 1.68. The summed E-state index contributed by atoms with van der Waals surface area (Å²) in [5.41, 5.74) is 4.94. The fraction of sp³-hybridized carbons (Fsp3) is 0.167. The van der Waals surface area contributed by atoms with E-state index in [0.29, 0.717) is 0 Å². The molecule has 3 N–H and O–H groups in total. The largest absolute Gasteiger partial charge is 0.404 e. The number of carbonyl (C=O) groups is 1. The van der Waals surface area contributed by atoms with Crippen LogP contribution in [0.2, 0.25) is 0 Å². The van der Waals surface area contributed by atoms with E-state index in [1.165, 1.54) is 12.3 Å². The molecule has 0 spiro atoms. The van der Waals surface area contributed by atoms with Gasteiger partial charge in [0, 0.05) is 6.08 Å². The maximum atomic E-state index is 10.5. The summed E-state index contributed by atoms with van der Waals surface area (Å²) in [6.45, 7) is 1.81. The minimum Gasteiger partial charge on any atom is -0.404 e. The van der Waals surface area contributed by atoms with Gasteiger partial charge in [0.05, 0.1) is 0 Å². The van der Waals surface area contributed by atoms with Crippen molar-refractivity contribution in [2.24, 2.45) is 5.73 Å². The molecule has 1 amide bonds. The van der Waals surface area contributed by atoms with Crippen molar-refractivity contribution in [2.45, 2.75) is 6.92 Å². The molecule has 0 saturated heterocycles. The molecule has 50 valence electrons. The summed E-state index contributed by atoms with van der Waals surface area (Å²) in [5, 5.41) is 2.45. The smallest absolute Gasteiger partial charge is 0.249 e. The third-order valence-electron chi connectivity index (χ3n) is 0.640. The maximum Gasteiger partial charge on any atom is 0.249 e. The Hall–Kier alpha value is -1.25. The zero-order valence-corrected chi connectivity index (χ0v) is 5.29. The van der Waals surface area contributed by atoms with Crippen molar-refractivity contribution in [3.05, 3.63) is 24.6 Å². The van der Waals surface area contributed by atoms with Gasteiger partial charge in [-0.25, -0.2) is 0 Å². The topological polar surface area (TPSA) is 55.1 Å². The Bertz CT molecular complexity index is 138. The summed E-state index contributed by atoms with van der Waals surface area (Å²) in [7, 11) is 0. The van der Waals surface area contributed by atoms with Crippen LogP contribution in [-0.4, -0.2) is 5.91 Å². The molecule has 0 rings (SSSR count). The van der Waals surface area contributed by atoms with E-state index in [0.717, 1.165) is 0 Å². The lowest BCUT2D eigenvalue weighted by Gasteiger charge is -1.88. The number of carbonyl (C=O) groups excluding carboxylic acids is 1. The summed E-state index contributed by atoms with van der Waals surface area (Å²) in [4.78, 5) is 10.5. The van der Waals surface area contributed by atoms with E-state index in [9.17, 15) is 4.79 Å². The maximum absolute atomic E-state index is 10.5. The number of hydrogen-bond acceptors (Lipinski definition) is 2. The first-order valence-corrected chi connectivity index (χ1v) is 2.61. The van der Waals surface area contributed by atoms with Crippen molar-refractivity contribution < 1.29 is 4.79 Å². The third kappa shape index (κ3) is 4.61. The molecule has 0 unspecified atom stereocenters. The van der Waals surface area contributed by atoms with Gasteiger partial charge in [0.2, 0.25) is 5.91 Å². The van der Waals surface area contributed by atoms with Crippen molar-refractivity contribution in [3.8, 4) is 0 Å². The first-order chi connectivity index (χ1) is 4.31. The number of allylic oxidation sites excluding steroid dienone is 1. The Kier molecular flexibility index (Phi) is 4.22. The summed E-state index contributed by atoms with van der Waals surface area (Å²) in [6, 6.07) is 0. The van der Waals surface area contributed by atoms with Gasteiger partial charge in [-0.15, -0.1) is 0 Å². The Balaban J connectivity index is 3.51. The quantitative estimate of drug-likeness (QED) is 0.516. The normalized spacial score (nSPS) is 10.8. The molecule has 9 heavy (non-hydrogen) atoms. The fourth-order valence-corrected chi connectivity index (χ4v) is 0.301. The Morgan fingerprint density at radius 2 is 2.33 bits per heavy atom. The third-order valence-corrected chi connectivity index (χ3v) is 0.640. The average Bonchev–Trinajstić information content (AvgIpc) is 1.85. The van der Waals surface area contributed by atoms with Crippen LogP contribution in [0.1, 0.15) is 6.92 Å². The average molecular weight is 126 g/mol. The predicted molar refractivity (Wildman–Crippen MR) is 36.3 cm³/mol. The standard InChI is InChI=1S/C6H10N2O/c1-2-5-8-6(9)3-4-7/h2-5H,7H2,1H3,(H,8,9)/b4-3-,5-2-. The zero-order valence-electron chi connectivity index (χ0n) is 5.29. The molecule has 0 aliphatic rings. The van der Waals surface area contributed by atoms with Gasteiger partial charge in [0.25, 0.3) is 0 Å². The molecule has 3 nitrogen and oxygen atoms in total. The minimum atomic E-state index is -0.212. The zero-order chi connectivity index (χ0) is 7.11. The van der Waals surface area contributed by atoms with Crippen molar-refractivity contribution in [2.75, 3.05) is 0 Å². The molecule has 0 radical (unpaired) electrons. The van der Waals surface area contributed by atoms with Crippen LogP contribution >= 0.6 is 0 Å². The monoisotopic (exact) mass is 126 g/mol. The van der Waals surface area contributed by atoms with Crippen LogP contribution in [0.3, 0.4) is 0 Å². The van der Waals surface area contributed by atoms with E-state index in [1.54, 1.807) is 12.3 Å². The van der Waals surface area contributed by atoms with E-state index in [-0.39, 0.29) is 5.91 Å². The highest BCUT2D eigenvalue weighted by Gasteiger charge is 1.84. The van der Waals surface area contributed by atoms with Crippen LogP contribution in [0.25, 0.3) is 0 Å². The second-order valence-corrected chi connectivity index (χ2v) is 1.37. The lowest BCUT2D eigenvalue weighted by atomic mass is 10.5. The Labute approximate surface area is 54.2 Å². The Morgan fingerprint density at radius 1 is 1.67 bits per heavy atom. The summed E-state index contributed by atoms with van der Waals surface area (Å²) in [5.74, 6) is -0.212. The molecule has 0 bridgehead atoms. The van der Waals surface area contributed by atoms with E-state index in [1.807, 2.05) is 6.92 Å². The van der Waals surface area contributed by atoms with Gasteiger partial charge >= 0.3 is 0 Å². The van der Waals surface area contributed by atoms with Crippen LogP contribution in [0.4, 0.5) is 0 Å². The van der Waals surface area contributed by atoms with Crippen LogP contribution < -0.4 is 11.1 Å². The van der Waals surface area contributed by atoms with Gasteiger partial charge in [0.1, 0.15) is 0 Å². The van der Waals surface area contributed by atoms with E-state index < -0.39 is 0 Å². The summed E-state index contributed by atoms with van der Waals surface area (Å²) < 4.78 is 0. The van der Waals surface area contributed by atoms with Crippen molar-refractivity contribution >= 4 is 5.91 Å². The highest BCUT2D eigenvalue weighted by molar-refractivity contribution is 5.87. The number of hydrogen-bond donors (Lipinski definition) is 2. The fourth-order valence-electron chi connectivity index (χ4n) is 0.301. The first kappa shape index (κ1) is 7.75. The second-order valence-electron chi connectivity index (χ2n) is 1.37. The van der Waals surface area contributed by atoms with Crippen molar-refractivity contribution in [1.29, 1.82) is 0 Å². The summed E-state index contributed by atoms with van der Waals surface area (Å²) >= 11 is 0. The molecule has 0 aromatic heterocycles. The molecule has 0 atom stereocenters. The van der Waals surface area contributed by atoms with Crippen LogP contribution in [0, 0.1) is 0 Å². The lowest BCUT2D eigenvalue weighted by molar-refractivity contribution is -0.115. The van der Waals surface area contributed by atoms with Crippen molar-refractivity contribution in [1.82, 2.24) is 5.32 Å². The minimum absolute atomic E-state index is 0.212. The van der Waals surface area contributed by atoms with Gasteiger partial charge < -0.3 is 11.1 Å². The highest BCUT2D eigenvalue weighted by atomic mass is 16.1. The van der Waals surface area contributed by atoms with Crippen LogP contribution in [0.5, 0.6) is 0 Å². The molecular formula is C6H10N2O. The van der Waals surface area contributed by atoms with E-state index in [2.05, 4.69) is 5.32 Å². The molecule has 0 aromatic carbocycles. The molecule has 0 aromatic rings. The molecule has 0 heterocycles. The van der Waals surface area contributed by atoms with Gasteiger partial charge in [0.15, 0.2) is 0 Å². The first-order valence-electron chi connectivity index (χ1n) is 2.61.